The predicted octanol–water partition coefficient (Wildman–Crippen LogP) is 6.08. The smallest absolute Gasteiger partial charge is 0.110 e. The molecule has 1 aromatic rings. The zero-order valence-corrected chi connectivity index (χ0v) is 15.5. The predicted molar refractivity (Wildman–Crippen MR) is 107 cm³/mol. The first-order valence-electron chi connectivity index (χ1n) is 8.80. The van der Waals surface area contributed by atoms with Crippen molar-refractivity contribution < 1.29 is 0 Å². The van der Waals surface area contributed by atoms with Gasteiger partial charge in [-0.1, -0.05) is 76.0 Å². The molecule has 0 atom stereocenters. The van der Waals surface area contributed by atoms with Gasteiger partial charge in [0.15, 0.2) is 0 Å². The summed E-state index contributed by atoms with van der Waals surface area (Å²) in [4.78, 5) is 0. The van der Waals surface area contributed by atoms with E-state index in [9.17, 15) is 5.26 Å². The van der Waals surface area contributed by atoms with Crippen LogP contribution < -0.4 is 0 Å². The SMILES string of the molecule is C=C/C=C(\C=C)c1n[nH]c(C2CCC(C)CC2)c1C#N.C=C/C=C\C. The van der Waals surface area contributed by atoms with E-state index in [4.69, 9.17) is 0 Å². The summed E-state index contributed by atoms with van der Waals surface area (Å²) < 4.78 is 0. The van der Waals surface area contributed by atoms with Gasteiger partial charge in [0.2, 0.25) is 0 Å². The highest BCUT2D eigenvalue weighted by atomic mass is 15.1. The summed E-state index contributed by atoms with van der Waals surface area (Å²) in [5.41, 5.74) is 3.18. The van der Waals surface area contributed by atoms with Crippen LogP contribution in [0.4, 0.5) is 0 Å². The fraction of sp³-hybridized carbons (Fsp3) is 0.364. The van der Waals surface area contributed by atoms with Crippen molar-refractivity contribution in [3.8, 4) is 6.07 Å². The highest BCUT2D eigenvalue weighted by Gasteiger charge is 2.25. The number of nitrogens with zero attached hydrogens (tertiary/aromatic N) is 2. The van der Waals surface area contributed by atoms with Gasteiger partial charge in [-0.3, -0.25) is 5.10 Å². The number of rotatable bonds is 5. The molecule has 3 nitrogen and oxygen atoms in total. The van der Waals surface area contributed by atoms with E-state index < -0.39 is 0 Å². The number of nitrogens with one attached hydrogen (secondary N) is 1. The second-order valence-electron chi connectivity index (χ2n) is 6.25. The molecule has 3 heteroatoms. The fourth-order valence-electron chi connectivity index (χ4n) is 3.03. The van der Waals surface area contributed by atoms with Crippen molar-refractivity contribution in [3.63, 3.8) is 0 Å². The molecule has 0 aromatic carbocycles. The molecule has 0 bridgehead atoms. The van der Waals surface area contributed by atoms with Crippen molar-refractivity contribution in [1.82, 2.24) is 10.2 Å². The van der Waals surface area contributed by atoms with Crippen LogP contribution in [0.25, 0.3) is 5.57 Å². The number of hydrogen-bond acceptors (Lipinski definition) is 2. The minimum Gasteiger partial charge on any atom is -0.280 e. The average Bonchev–Trinajstić information content (AvgIpc) is 3.05. The molecule has 1 aromatic heterocycles. The zero-order valence-electron chi connectivity index (χ0n) is 15.5. The third-order valence-electron chi connectivity index (χ3n) is 4.45. The van der Waals surface area contributed by atoms with E-state index in [1.807, 2.05) is 25.2 Å². The van der Waals surface area contributed by atoms with E-state index in [0.29, 0.717) is 17.2 Å². The summed E-state index contributed by atoms with van der Waals surface area (Å²) in [6.07, 6.45) is 15.5. The Morgan fingerprint density at radius 3 is 2.32 bits per heavy atom. The topological polar surface area (TPSA) is 52.5 Å². The van der Waals surface area contributed by atoms with Crippen molar-refractivity contribution in [3.05, 3.63) is 73.1 Å². The van der Waals surface area contributed by atoms with Crippen molar-refractivity contribution >= 4 is 5.57 Å². The highest BCUT2D eigenvalue weighted by Crippen LogP contribution is 2.37. The van der Waals surface area contributed by atoms with Crippen molar-refractivity contribution in [2.75, 3.05) is 0 Å². The summed E-state index contributed by atoms with van der Waals surface area (Å²) in [5.74, 6) is 1.22. The average molecular weight is 335 g/mol. The van der Waals surface area contributed by atoms with Crippen LogP contribution in [0.2, 0.25) is 0 Å². The molecular weight excluding hydrogens is 306 g/mol. The lowest BCUT2D eigenvalue weighted by atomic mass is 9.80. The van der Waals surface area contributed by atoms with Crippen LogP contribution in [0, 0.1) is 17.2 Å². The van der Waals surface area contributed by atoms with Crippen molar-refractivity contribution in [2.24, 2.45) is 5.92 Å². The van der Waals surface area contributed by atoms with Crippen LogP contribution in [-0.2, 0) is 0 Å². The Morgan fingerprint density at radius 1 is 1.20 bits per heavy atom. The van der Waals surface area contributed by atoms with E-state index >= 15 is 0 Å². The van der Waals surface area contributed by atoms with Gasteiger partial charge in [-0.25, -0.2) is 0 Å². The first-order valence-corrected chi connectivity index (χ1v) is 8.80. The molecule has 1 heterocycles. The van der Waals surface area contributed by atoms with Gasteiger partial charge in [-0.2, -0.15) is 10.4 Å². The second-order valence-corrected chi connectivity index (χ2v) is 6.25. The maximum absolute atomic E-state index is 9.49. The molecule has 1 fully saturated rings. The Balaban J connectivity index is 0.000000550. The first-order chi connectivity index (χ1) is 12.1. The van der Waals surface area contributed by atoms with E-state index in [1.54, 1.807) is 18.2 Å². The van der Waals surface area contributed by atoms with E-state index in [0.717, 1.165) is 30.0 Å². The molecule has 1 aliphatic rings. The van der Waals surface area contributed by atoms with Gasteiger partial charge in [0.25, 0.3) is 0 Å². The number of aromatic nitrogens is 2. The maximum Gasteiger partial charge on any atom is 0.110 e. The minimum atomic E-state index is 0.428. The fourth-order valence-corrected chi connectivity index (χ4v) is 3.03. The van der Waals surface area contributed by atoms with Crippen LogP contribution in [0.3, 0.4) is 0 Å². The van der Waals surface area contributed by atoms with Gasteiger partial charge >= 0.3 is 0 Å². The van der Waals surface area contributed by atoms with E-state index in [-0.39, 0.29) is 0 Å². The molecular formula is C22H29N3. The standard InChI is InChI=1S/C17H21N3.C5H8/c1-4-6-13(5-2)16-15(11-18)17(20-19-16)14-9-7-12(3)8-10-14;1-3-5-4-2/h4-6,12,14H,1-2,7-10H2,3H3,(H,19,20);3-5H,1H2,2H3/b13-6+;5-4-. The summed E-state index contributed by atoms with van der Waals surface area (Å²) in [6, 6.07) is 2.31. The van der Waals surface area contributed by atoms with Gasteiger partial charge in [0.05, 0.1) is 5.69 Å². The Kier molecular flexibility index (Phi) is 9.03. The molecule has 2 rings (SSSR count). The number of allylic oxidation sites excluding steroid dienone is 7. The van der Waals surface area contributed by atoms with Crippen molar-refractivity contribution in [1.29, 1.82) is 5.26 Å². The van der Waals surface area contributed by atoms with Gasteiger partial charge in [-0.05, 0) is 25.7 Å². The molecule has 0 radical (unpaired) electrons. The van der Waals surface area contributed by atoms with Crippen molar-refractivity contribution in [2.45, 2.75) is 45.4 Å². The number of H-pyrrole nitrogens is 1. The van der Waals surface area contributed by atoms with Gasteiger partial charge < -0.3 is 0 Å². The molecule has 0 saturated heterocycles. The van der Waals surface area contributed by atoms with Gasteiger partial charge in [0.1, 0.15) is 17.3 Å². The highest BCUT2D eigenvalue weighted by molar-refractivity contribution is 5.76. The van der Waals surface area contributed by atoms with Crippen LogP contribution in [0.1, 0.15) is 62.4 Å². The Labute approximate surface area is 152 Å². The molecule has 0 unspecified atom stereocenters. The van der Waals surface area contributed by atoms with Crippen LogP contribution >= 0.6 is 0 Å². The molecule has 0 aliphatic heterocycles. The van der Waals surface area contributed by atoms with E-state index in [1.165, 1.54) is 12.8 Å². The maximum atomic E-state index is 9.49. The molecule has 25 heavy (non-hydrogen) atoms. The minimum absolute atomic E-state index is 0.428. The Hall–Kier alpha value is -2.60. The lowest BCUT2D eigenvalue weighted by Gasteiger charge is -2.25. The molecule has 0 amide bonds. The molecule has 0 spiro atoms. The number of aromatic amines is 1. The largest absolute Gasteiger partial charge is 0.280 e. The number of nitriles is 1. The first kappa shape index (κ1) is 20.4. The third kappa shape index (κ3) is 5.76. The molecule has 1 N–H and O–H groups in total. The summed E-state index contributed by atoms with van der Waals surface area (Å²) in [7, 11) is 0. The van der Waals surface area contributed by atoms with Crippen LogP contribution in [-0.4, -0.2) is 10.2 Å². The zero-order chi connectivity index (χ0) is 18.7. The van der Waals surface area contributed by atoms with Gasteiger partial charge in [-0.15, -0.1) is 0 Å². The third-order valence-corrected chi connectivity index (χ3v) is 4.45. The summed E-state index contributed by atoms with van der Waals surface area (Å²) in [6.45, 7) is 15.2. The van der Waals surface area contributed by atoms with Crippen LogP contribution in [0.5, 0.6) is 0 Å². The lowest BCUT2D eigenvalue weighted by molar-refractivity contribution is 0.343. The quantitative estimate of drug-likeness (QED) is 0.663. The molecule has 1 aliphatic carbocycles. The Morgan fingerprint density at radius 2 is 1.88 bits per heavy atom. The summed E-state index contributed by atoms with van der Waals surface area (Å²) >= 11 is 0. The van der Waals surface area contributed by atoms with Crippen LogP contribution in [0.15, 0.2) is 56.2 Å². The van der Waals surface area contributed by atoms with E-state index in [2.05, 4.69) is 42.9 Å². The normalized spacial score (nSPS) is 20.3. The summed E-state index contributed by atoms with van der Waals surface area (Å²) in [5, 5.41) is 16.9. The monoisotopic (exact) mass is 335 g/mol. The molecule has 132 valence electrons. The second kappa shape index (κ2) is 11.0. The lowest BCUT2D eigenvalue weighted by Crippen LogP contribution is -2.12. The number of hydrogen-bond donors (Lipinski definition) is 1. The Bertz CT molecular complexity index is 675. The molecule has 1 saturated carbocycles. The van der Waals surface area contributed by atoms with Gasteiger partial charge in [0, 0.05) is 11.5 Å².